The lowest BCUT2D eigenvalue weighted by atomic mass is 10.7. The van der Waals surface area contributed by atoms with Gasteiger partial charge in [0.05, 0.1) is 0 Å². The van der Waals surface area contributed by atoms with Gasteiger partial charge in [-0.2, -0.15) is 5.90 Å². The molecule has 0 amide bonds. The van der Waals surface area contributed by atoms with Crippen molar-refractivity contribution in [1.82, 2.24) is 0 Å². The Kier molecular flexibility index (Phi) is 3.38. The smallest absolute Gasteiger partial charge is 0.362 e. The number of carbonyl (C=O) groups is 2. The summed E-state index contributed by atoms with van der Waals surface area (Å²) in [6.07, 6.45) is 0. The van der Waals surface area contributed by atoms with Gasteiger partial charge in [0.2, 0.25) is 0 Å². The Morgan fingerprint density at radius 2 is 2.11 bits per heavy atom. The van der Waals surface area contributed by atoms with Crippen LogP contribution in [0.4, 0.5) is 0 Å². The molecule has 0 aliphatic heterocycles. The Bertz CT molecular complexity index is 122. The first-order valence-corrected chi connectivity index (χ1v) is 2.19. The molecular formula is C4H7NO4. The maximum absolute atomic E-state index is 10.1. The van der Waals surface area contributed by atoms with E-state index in [0.717, 1.165) is 0 Å². The van der Waals surface area contributed by atoms with Crippen molar-refractivity contribution in [2.45, 2.75) is 6.92 Å². The Labute approximate surface area is 51.7 Å². The molecule has 0 heterocycles. The molecule has 0 saturated heterocycles. The lowest BCUT2D eigenvalue weighted by Crippen LogP contribution is -2.17. The van der Waals surface area contributed by atoms with Crippen LogP contribution >= 0.6 is 0 Å². The lowest BCUT2D eigenvalue weighted by molar-refractivity contribution is -0.157. The second-order valence-corrected chi connectivity index (χ2v) is 1.27. The van der Waals surface area contributed by atoms with Crippen LogP contribution in [-0.2, 0) is 19.2 Å². The topological polar surface area (TPSA) is 78.6 Å². The van der Waals surface area contributed by atoms with Gasteiger partial charge in [0.15, 0.2) is 6.61 Å². The van der Waals surface area contributed by atoms with E-state index >= 15 is 0 Å². The quantitative estimate of drug-likeness (QED) is 0.384. The van der Waals surface area contributed by atoms with E-state index in [1.165, 1.54) is 6.92 Å². The van der Waals surface area contributed by atoms with E-state index < -0.39 is 18.5 Å². The summed E-state index contributed by atoms with van der Waals surface area (Å²) < 4.78 is 4.20. The van der Waals surface area contributed by atoms with E-state index in [-0.39, 0.29) is 0 Å². The van der Waals surface area contributed by atoms with Gasteiger partial charge in [-0.25, -0.2) is 4.79 Å². The summed E-state index contributed by atoms with van der Waals surface area (Å²) in [6.45, 7) is 0.760. The Morgan fingerprint density at radius 3 is 2.44 bits per heavy atom. The fraction of sp³-hybridized carbons (Fsp3) is 0.500. The maximum Gasteiger partial charge on any atom is 0.362 e. The van der Waals surface area contributed by atoms with Crippen molar-refractivity contribution < 1.29 is 19.2 Å². The fourth-order valence-electron chi connectivity index (χ4n) is 0.195. The zero-order valence-corrected chi connectivity index (χ0v) is 4.92. The van der Waals surface area contributed by atoms with E-state index in [1.54, 1.807) is 0 Å². The average molecular weight is 133 g/mol. The average Bonchev–Trinajstić information content (AvgIpc) is 1.83. The molecule has 0 saturated carbocycles. The number of nitrogens with two attached hydrogens (primary N) is 1. The molecule has 0 aromatic carbocycles. The molecule has 0 unspecified atom stereocenters. The minimum atomic E-state index is -0.773. The van der Waals surface area contributed by atoms with E-state index in [9.17, 15) is 9.59 Å². The van der Waals surface area contributed by atoms with Crippen LogP contribution in [0, 0.1) is 0 Å². The van der Waals surface area contributed by atoms with Gasteiger partial charge in [0.25, 0.3) is 0 Å². The predicted octanol–water partition coefficient (Wildman–Crippen LogP) is -1.03. The van der Waals surface area contributed by atoms with Crippen LogP contribution in [0.2, 0.25) is 0 Å². The molecule has 0 spiro atoms. The SMILES string of the molecule is CC(=O)OCC(=O)ON. The van der Waals surface area contributed by atoms with Crippen molar-refractivity contribution in [1.29, 1.82) is 0 Å². The van der Waals surface area contributed by atoms with Crippen molar-refractivity contribution >= 4 is 11.9 Å². The van der Waals surface area contributed by atoms with Crippen molar-refractivity contribution in [2.75, 3.05) is 6.61 Å². The van der Waals surface area contributed by atoms with Gasteiger partial charge in [0.1, 0.15) is 0 Å². The molecule has 9 heavy (non-hydrogen) atoms. The third kappa shape index (κ3) is 4.76. The first-order valence-electron chi connectivity index (χ1n) is 2.19. The summed E-state index contributed by atoms with van der Waals surface area (Å²) in [7, 11) is 0. The van der Waals surface area contributed by atoms with Crippen LogP contribution in [0.3, 0.4) is 0 Å². The Balaban J connectivity index is 3.28. The molecule has 0 aromatic heterocycles. The zero-order valence-electron chi connectivity index (χ0n) is 4.92. The van der Waals surface area contributed by atoms with Crippen molar-refractivity contribution in [2.24, 2.45) is 5.90 Å². The maximum atomic E-state index is 10.1. The monoisotopic (exact) mass is 133 g/mol. The normalized spacial score (nSPS) is 8.22. The van der Waals surface area contributed by atoms with Crippen molar-refractivity contribution in [3.63, 3.8) is 0 Å². The molecule has 0 radical (unpaired) electrons. The first kappa shape index (κ1) is 7.90. The fourth-order valence-corrected chi connectivity index (χ4v) is 0.195. The van der Waals surface area contributed by atoms with Gasteiger partial charge < -0.3 is 9.57 Å². The molecule has 0 aliphatic carbocycles. The van der Waals surface area contributed by atoms with Gasteiger partial charge in [-0.1, -0.05) is 0 Å². The number of ether oxygens (including phenoxy) is 1. The number of rotatable bonds is 2. The molecule has 5 heteroatoms. The van der Waals surface area contributed by atoms with E-state index in [2.05, 4.69) is 15.5 Å². The van der Waals surface area contributed by atoms with E-state index in [1.807, 2.05) is 0 Å². The highest BCUT2D eigenvalue weighted by molar-refractivity contribution is 5.74. The molecule has 0 aliphatic rings. The second-order valence-electron chi connectivity index (χ2n) is 1.27. The van der Waals surface area contributed by atoms with Gasteiger partial charge >= 0.3 is 11.9 Å². The lowest BCUT2D eigenvalue weighted by Gasteiger charge is -1.96. The standard InChI is InChI=1S/C4H7NO4/c1-3(6)8-2-4(7)9-5/h2,5H2,1H3. The van der Waals surface area contributed by atoms with Gasteiger partial charge in [-0.05, 0) is 0 Å². The Hall–Kier alpha value is -1.10. The number of hydrogen-bond acceptors (Lipinski definition) is 5. The largest absolute Gasteiger partial charge is 0.454 e. The van der Waals surface area contributed by atoms with Crippen molar-refractivity contribution in [3.8, 4) is 0 Å². The highest BCUT2D eigenvalue weighted by Crippen LogP contribution is 1.76. The second kappa shape index (κ2) is 3.85. The molecule has 0 fully saturated rings. The van der Waals surface area contributed by atoms with Crippen molar-refractivity contribution in [3.05, 3.63) is 0 Å². The van der Waals surface area contributed by atoms with E-state index in [0.29, 0.717) is 0 Å². The van der Waals surface area contributed by atoms with Gasteiger partial charge in [-0.3, -0.25) is 4.79 Å². The highest BCUT2D eigenvalue weighted by atomic mass is 16.7. The van der Waals surface area contributed by atoms with Gasteiger partial charge in [-0.15, -0.1) is 0 Å². The highest BCUT2D eigenvalue weighted by Gasteiger charge is 2.01. The van der Waals surface area contributed by atoms with Crippen LogP contribution in [0.25, 0.3) is 0 Å². The van der Waals surface area contributed by atoms with Crippen LogP contribution in [-0.4, -0.2) is 18.5 Å². The van der Waals surface area contributed by atoms with Crippen LogP contribution < -0.4 is 5.90 Å². The minimum absolute atomic E-state index is 0.425. The van der Waals surface area contributed by atoms with Crippen LogP contribution in [0.5, 0.6) is 0 Å². The summed E-state index contributed by atoms with van der Waals surface area (Å²) in [6, 6.07) is 0. The van der Waals surface area contributed by atoms with Crippen LogP contribution in [0.15, 0.2) is 0 Å². The molecular weight excluding hydrogens is 126 g/mol. The Morgan fingerprint density at radius 1 is 1.56 bits per heavy atom. The summed E-state index contributed by atoms with van der Waals surface area (Å²) in [5, 5.41) is 0. The van der Waals surface area contributed by atoms with Crippen LogP contribution in [0.1, 0.15) is 6.92 Å². The molecule has 0 rings (SSSR count). The van der Waals surface area contributed by atoms with Gasteiger partial charge in [0, 0.05) is 6.92 Å². The first-order chi connectivity index (χ1) is 4.16. The number of esters is 1. The number of carbonyl (C=O) groups excluding carboxylic acids is 2. The third-order valence-corrected chi connectivity index (χ3v) is 0.525. The summed E-state index contributed by atoms with van der Waals surface area (Å²) in [5.74, 6) is 3.10. The number of hydrogen-bond donors (Lipinski definition) is 1. The minimum Gasteiger partial charge on any atom is -0.454 e. The third-order valence-electron chi connectivity index (χ3n) is 0.525. The molecule has 0 atom stereocenters. The van der Waals surface area contributed by atoms with E-state index in [4.69, 9.17) is 0 Å². The molecule has 0 aromatic rings. The predicted molar refractivity (Wildman–Crippen MR) is 26.9 cm³/mol. The summed E-state index contributed by atoms with van der Waals surface area (Å²) in [4.78, 5) is 23.8. The molecule has 0 bridgehead atoms. The molecule has 5 nitrogen and oxygen atoms in total. The summed E-state index contributed by atoms with van der Waals surface area (Å²) in [5.41, 5.74) is 0. The summed E-state index contributed by atoms with van der Waals surface area (Å²) >= 11 is 0. The molecule has 52 valence electrons. The zero-order chi connectivity index (χ0) is 7.28. The molecule has 2 N–H and O–H groups in total.